The van der Waals surface area contributed by atoms with E-state index in [0.29, 0.717) is 11.2 Å². The molecular weight excluding hydrogens is 223 g/mol. The molecule has 16 heavy (non-hydrogen) atoms. The summed E-state index contributed by atoms with van der Waals surface area (Å²) in [5.74, 6) is 2.51. The number of rotatable bonds is 6. The largest absolute Gasteiger partial charge is 0.497 e. The van der Waals surface area contributed by atoms with E-state index in [1.807, 2.05) is 17.8 Å². The first-order chi connectivity index (χ1) is 7.69. The van der Waals surface area contributed by atoms with E-state index in [1.54, 1.807) is 12.1 Å². The molecule has 0 atom stereocenters. The van der Waals surface area contributed by atoms with Gasteiger partial charge >= 0.3 is 7.12 Å². The highest BCUT2D eigenvalue weighted by Gasteiger charge is 2.17. The number of hydrogen-bond acceptors (Lipinski definition) is 4. The van der Waals surface area contributed by atoms with Crippen LogP contribution in [0.2, 0.25) is 0 Å². The van der Waals surface area contributed by atoms with Crippen molar-refractivity contribution in [3.8, 4) is 5.75 Å². The summed E-state index contributed by atoms with van der Waals surface area (Å²) >= 11 is 1.84. The summed E-state index contributed by atoms with van der Waals surface area (Å²) in [5.41, 5.74) is 1.51. The molecule has 0 saturated heterocycles. The predicted octanol–water partition coefficient (Wildman–Crippen LogP) is 1.02. The Morgan fingerprint density at radius 2 is 2.12 bits per heavy atom. The van der Waals surface area contributed by atoms with Crippen molar-refractivity contribution in [3.05, 3.63) is 23.8 Å². The molecule has 0 aliphatic carbocycles. The summed E-state index contributed by atoms with van der Waals surface area (Å²) in [5, 5.41) is 18.4. The van der Waals surface area contributed by atoms with Crippen molar-refractivity contribution in [3.63, 3.8) is 0 Å². The van der Waals surface area contributed by atoms with Gasteiger partial charge < -0.3 is 14.8 Å². The molecule has 0 saturated carbocycles. The zero-order chi connectivity index (χ0) is 12.0. The first kappa shape index (κ1) is 13.4. The summed E-state index contributed by atoms with van der Waals surface area (Å²) in [7, 11) is 0.0401. The van der Waals surface area contributed by atoms with E-state index < -0.39 is 7.12 Å². The highest BCUT2D eigenvalue weighted by Crippen LogP contribution is 2.16. The topological polar surface area (TPSA) is 49.7 Å². The van der Waals surface area contributed by atoms with Crippen LogP contribution >= 0.6 is 11.8 Å². The molecule has 5 heteroatoms. The van der Waals surface area contributed by atoms with Gasteiger partial charge in [0, 0.05) is 11.2 Å². The molecule has 0 bridgehead atoms. The van der Waals surface area contributed by atoms with E-state index in [-0.39, 0.29) is 0 Å². The minimum Gasteiger partial charge on any atom is -0.497 e. The SMILES string of the molecule is CCCSCc1ccc(OC)c(B(O)O)c1. The quantitative estimate of drug-likeness (QED) is 0.575. The summed E-state index contributed by atoms with van der Waals surface area (Å²) in [4.78, 5) is 0. The minimum atomic E-state index is -1.48. The first-order valence-corrected chi connectivity index (χ1v) is 6.45. The van der Waals surface area contributed by atoms with Crippen LogP contribution in [0, 0.1) is 0 Å². The van der Waals surface area contributed by atoms with E-state index in [9.17, 15) is 10.0 Å². The van der Waals surface area contributed by atoms with Crippen molar-refractivity contribution < 1.29 is 14.8 Å². The molecule has 0 fully saturated rings. The van der Waals surface area contributed by atoms with Crippen LogP contribution in [0.15, 0.2) is 18.2 Å². The Bertz CT molecular complexity index is 331. The van der Waals surface area contributed by atoms with Gasteiger partial charge in [0.2, 0.25) is 0 Å². The van der Waals surface area contributed by atoms with Gasteiger partial charge in [0.05, 0.1) is 7.11 Å². The van der Waals surface area contributed by atoms with Crippen molar-refractivity contribution in [1.29, 1.82) is 0 Å². The zero-order valence-corrected chi connectivity index (χ0v) is 10.5. The second-order valence-electron chi connectivity index (χ2n) is 3.50. The number of hydrogen-bond donors (Lipinski definition) is 2. The minimum absolute atomic E-state index is 0.428. The molecule has 3 nitrogen and oxygen atoms in total. The maximum atomic E-state index is 9.20. The Morgan fingerprint density at radius 1 is 1.38 bits per heavy atom. The fourth-order valence-electron chi connectivity index (χ4n) is 1.41. The van der Waals surface area contributed by atoms with Gasteiger partial charge in [0.15, 0.2) is 0 Å². The van der Waals surface area contributed by atoms with Crippen LogP contribution in [0.3, 0.4) is 0 Å². The molecule has 0 aromatic heterocycles. The van der Waals surface area contributed by atoms with E-state index in [4.69, 9.17) is 4.74 Å². The molecule has 1 rings (SSSR count). The van der Waals surface area contributed by atoms with Gasteiger partial charge in [-0.05, 0) is 23.8 Å². The highest BCUT2D eigenvalue weighted by molar-refractivity contribution is 7.98. The van der Waals surface area contributed by atoms with E-state index in [0.717, 1.165) is 23.5 Å². The van der Waals surface area contributed by atoms with Crippen LogP contribution in [0.1, 0.15) is 18.9 Å². The van der Waals surface area contributed by atoms with Gasteiger partial charge in [0.25, 0.3) is 0 Å². The van der Waals surface area contributed by atoms with Crippen LogP contribution in [0.5, 0.6) is 5.75 Å². The summed E-state index contributed by atoms with van der Waals surface area (Å²) in [6.45, 7) is 2.14. The molecule has 2 N–H and O–H groups in total. The summed E-state index contributed by atoms with van der Waals surface area (Å²) in [6.07, 6.45) is 1.15. The van der Waals surface area contributed by atoms with Gasteiger partial charge in [-0.2, -0.15) is 11.8 Å². The van der Waals surface area contributed by atoms with Crippen molar-refractivity contribution >= 4 is 24.3 Å². The molecule has 0 spiro atoms. The molecule has 1 aromatic rings. The average Bonchev–Trinajstić information content (AvgIpc) is 2.29. The monoisotopic (exact) mass is 240 g/mol. The fraction of sp³-hybridized carbons (Fsp3) is 0.455. The van der Waals surface area contributed by atoms with E-state index in [1.165, 1.54) is 7.11 Å². The highest BCUT2D eigenvalue weighted by atomic mass is 32.2. The lowest BCUT2D eigenvalue weighted by molar-refractivity contribution is 0.403. The fourth-order valence-corrected chi connectivity index (χ4v) is 2.26. The number of methoxy groups -OCH3 is 1. The third kappa shape index (κ3) is 3.74. The molecule has 0 unspecified atom stereocenters. The normalized spacial score (nSPS) is 10.2. The van der Waals surface area contributed by atoms with Gasteiger partial charge in [0.1, 0.15) is 5.75 Å². The van der Waals surface area contributed by atoms with Crippen LogP contribution < -0.4 is 10.2 Å². The Balaban J connectivity index is 2.77. The second-order valence-corrected chi connectivity index (χ2v) is 4.61. The molecule has 1 aromatic carbocycles. The first-order valence-electron chi connectivity index (χ1n) is 5.29. The van der Waals surface area contributed by atoms with Gasteiger partial charge in [-0.15, -0.1) is 0 Å². The second kappa shape index (κ2) is 6.83. The molecule has 0 radical (unpaired) electrons. The smallest absolute Gasteiger partial charge is 0.492 e. The third-order valence-corrected chi connectivity index (χ3v) is 3.42. The van der Waals surface area contributed by atoms with Crippen molar-refractivity contribution in [2.45, 2.75) is 19.1 Å². The average molecular weight is 240 g/mol. The van der Waals surface area contributed by atoms with Crippen molar-refractivity contribution in [2.75, 3.05) is 12.9 Å². The van der Waals surface area contributed by atoms with Crippen LogP contribution in [-0.2, 0) is 5.75 Å². The molecule has 0 heterocycles. The van der Waals surface area contributed by atoms with E-state index in [2.05, 4.69) is 6.92 Å². The Kier molecular flexibility index (Phi) is 5.73. The standard InChI is InChI=1S/C11H17BO3S/c1-3-6-16-8-9-4-5-11(15-2)10(7-9)12(13)14/h4-5,7,13-14H,3,6,8H2,1-2H3. The maximum absolute atomic E-state index is 9.20. The number of benzene rings is 1. The van der Waals surface area contributed by atoms with Gasteiger partial charge in [-0.25, -0.2) is 0 Å². The Morgan fingerprint density at radius 3 is 2.69 bits per heavy atom. The van der Waals surface area contributed by atoms with E-state index >= 15 is 0 Å². The Labute approximate surface area is 101 Å². The van der Waals surface area contributed by atoms with Crippen molar-refractivity contribution in [1.82, 2.24) is 0 Å². The zero-order valence-electron chi connectivity index (χ0n) is 9.64. The molecule has 0 amide bonds. The van der Waals surface area contributed by atoms with Crippen LogP contribution in [0.4, 0.5) is 0 Å². The number of ether oxygens (including phenoxy) is 1. The van der Waals surface area contributed by atoms with Crippen LogP contribution in [0.25, 0.3) is 0 Å². The Hall–Kier alpha value is -0.645. The molecule has 88 valence electrons. The van der Waals surface area contributed by atoms with Gasteiger partial charge in [-0.1, -0.05) is 19.1 Å². The predicted molar refractivity (Wildman–Crippen MR) is 69.3 cm³/mol. The molecule has 0 aliphatic heterocycles. The summed E-state index contributed by atoms with van der Waals surface area (Å²) < 4.78 is 5.06. The van der Waals surface area contributed by atoms with Crippen LogP contribution in [-0.4, -0.2) is 30.0 Å². The third-order valence-electron chi connectivity index (χ3n) is 2.19. The van der Waals surface area contributed by atoms with Crippen molar-refractivity contribution in [2.24, 2.45) is 0 Å². The lowest BCUT2D eigenvalue weighted by Crippen LogP contribution is -2.31. The number of thioether (sulfide) groups is 1. The summed E-state index contributed by atoms with van der Waals surface area (Å²) in [6, 6.07) is 5.51. The molecular formula is C11H17BO3S. The lowest BCUT2D eigenvalue weighted by Gasteiger charge is -2.09. The van der Waals surface area contributed by atoms with Gasteiger partial charge in [-0.3, -0.25) is 0 Å². The molecule has 0 aliphatic rings. The lowest BCUT2D eigenvalue weighted by atomic mass is 9.79. The maximum Gasteiger partial charge on any atom is 0.492 e.